The zero-order chi connectivity index (χ0) is 15.5. The van der Waals surface area contributed by atoms with Gasteiger partial charge < -0.3 is 10.2 Å². The molecule has 0 saturated carbocycles. The van der Waals surface area contributed by atoms with Gasteiger partial charge in [-0.3, -0.25) is 4.79 Å². The fourth-order valence-electron chi connectivity index (χ4n) is 2.81. The molecular weight excluding hydrogens is 296 g/mol. The summed E-state index contributed by atoms with van der Waals surface area (Å²) in [5.74, 6) is 0.213. The summed E-state index contributed by atoms with van der Waals surface area (Å²) >= 11 is 6.23. The Morgan fingerprint density at radius 3 is 2.50 bits per heavy atom. The molecule has 114 valence electrons. The molecule has 3 nitrogen and oxygen atoms in total. The van der Waals surface area contributed by atoms with Crippen LogP contribution in [-0.4, -0.2) is 12.5 Å². The minimum Gasteiger partial charge on any atom is -0.378 e. The highest BCUT2D eigenvalue weighted by Gasteiger charge is 2.21. The minimum absolute atomic E-state index is 0.118. The van der Waals surface area contributed by atoms with E-state index in [1.54, 1.807) is 0 Å². The van der Waals surface area contributed by atoms with Gasteiger partial charge in [-0.15, -0.1) is 0 Å². The average Bonchev–Trinajstić information content (AvgIpc) is 2.94. The van der Waals surface area contributed by atoms with E-state index >= 15 is 0 Å². The number of carbonyl (C=O) groups excluding carboxylic acids is 1. The Bertz CT molecular complexity index is 669. The van der Waals surface area contributed by atoms with Gasteiger partial charge in [0.15, 0.2) is 0 Å². The summed E-state index contributed by atoms with van der Waals surface area (Å²) in [4.78, 5) is 13.6. The molecule has 4 heteroatoms. The summed E-state index contributed by atoms with van der Waals surface area (Å²) in [7, 11) is 0. The largest absolute Gasteiger partial charge is 0.378 e. The van der Waals surface area contributed by atoms with Crippen LogP contribution in [0.1, 0.15) is 31.4 Å². The molecule has 1 aliphatic rings. The van der Waals surface area contributed by atoms with Crippen LogP contribution in [0.4, 0.5) is 11.4 Å². The highest BCUT2D eigenvalue weighted by atomic mass is 35.5. The number of halogens is 1. The van der Waals surface area contributed by atoms with Crippen LogP contribution in [0, 0.1) is 0 Å². The molecule has 0 radical (unpaired) electrons. The van der Waals surface area contributed by atoms with Crippen molar-refractivity contribution in [3.05, 3.63) is 59.1 Å². The number of nitrogens with zero attached hydrogens (tertiary/aromatic N) is 1. The molecule has 2 aromatic carbocycles. The van der Waals surface area contributed by atoms with E-state index in [2.05, 4.69) is 12.2 Å². The maximum Gasteiger partial charge on any atom is 0.227 e. The molecule has 2 aromatic rings. The highest BCUT2D eigenvalue weighted by molar-refractivity contribution is 6.31. The van der Waals surface area contributed by atoms with Crippen molar-refractivity contribution in [2.75, 3.05) is 16.8 Å². The zero-order valence-corrected chi connectivity index (χ0v) is 13.3. The highest BCUT2D eigenvalue weighted by Crippen LogP contribution is 2.27. The summed E-state index contributed by atoms with van der Waals surface area (Å²) in [5.41, 5.74) is 3.06. The van der Waals surface area contributed by atoms with Gasteiger partial charge in [-0.25, -0.2) is 0 Å². The van der Waals surface area contributed by atoms with Crippen molar-refractivity contribution in [1.82, 2.24) is 0 Å². The van der Waals surface area contributed by atoms with E-state index in [0.29, 0.717) is 6.42 Å². The summed E-state index contributed by atoms with van der Waals surface area (Å²) in [6, 6.07) is 16.0. The molecule has 0 spiro atoms. The molecular formula is C18H19ClN2O. The Balaban J connectivity index is 1.71. The number of rotatable bonds is 4. The molecule has 1 aliphatic heterocycles. The lowest BCUT2D eigenvalue weighted by molar-refractivity contribution is -0.117. The SMILES string of the molecule is CC(Nc1ccc(N2CCCC2=O)cc1)c1ccccc1Cl. The molecule has 0 aromatic heterocycles. The van der Waals surface area contributed by atoms with Gasteiger partial charge in [0.05, 0.1) is 0 Å². The Morgan fingerprint density at radius 2 is 1.86 bits per heavy atom. The molecule has 3 rings (SSSR count). The summed E-state index contributed by atoms with van der Waals surface area (Å²) in [6.45, 7) is 2.90. The summed E-state index contributed by atoms with van der Waals surface area (Å²) < 4.78 is 0. The smallest absolute Gasteiger partial charge is 0.227 e. The van der Waals surface area contributed by atoms with Crippen molar-refractivity contribution in [2.24, 2.45) is 0 Å². The van der Waals surface area contributed by atoms with Gasteiger partial charge in [0.1, 0.15) is 0 Å². The first-order valence-electron chi connectivity index (χ1n) is 7.56. The maximum atomic E-state index is 11.8. The van der Waals surface area contributed by atoms with Crippen LogP contribution in [0.3, 0.4) is 0 Å². The first kappa shape index (κ1) is 14.9. The predicted molar refractivity (Wildman–Crippen MR) is 91.5 cm³/mol. The fraction of sp³-hybridized carbons (Fsp3) is 0.278. The summed E-state index contributed by atoms with van der Waals surface area (Å²) in [6.07, 6.45) is 1.60. The van der Waals surface area contributed by atoms with E-state index in [4.69, 9.17) is 11.6 Å². The predicted octanol–water partition coefficient (Wildman–Crippen LogP) is 4.64. The zero-order valence-electron chi connectivity index (χ0n) is 12.6. The Labute approximate surface area is 135 Å². The van der Waals surface area contributed by atoms with Crippen LogP contribution in [0.5, 0.6) is 0 Å². The van der Waals surface area contributed by atoms with Crippen LogP contribution in [0.15, 0.2) is 48.5 Å². The van der Waals surface area contributed by atoms with Crippen molar-refractivity contribution in [1.29, 1.82) is 0 Å². The molecule has 22 heavy (non-hydrogen) atoms. The molecule has 0 aliphatic carbocycles. The first-order chi connectivity index (χ1) is 10.6. The summed E-state index contributed by atoms with van der Waals surface area (Å²) in [5, 5.41) is 4.21. The van der Waals surface area contributed by atoms with E-state index in [9.17, 15) is 4.79 Å². The van der Waals surface area contributed by atoms with Crippen molar-refractivity contribution in [3.8, 4) is 0 Å². The standard InChI is InChI=1S/C18H19ClN2O/c1-13(16-5-2-3-6-17(16)19)20-14-8-10-15(11-9-14)21-12-4-7-18(21)22/h2-3,5-6,8-11,13,20H,4,7,12H2,1H3. The Hall–Kier alpha value is -2.00. The van der Waals surface area contributed by atoms with Crippen molar-refractivity contribution in [3.63, 3.8) is 0 Å². The Morgan fingerprint density at radius 1 is 1.14 bits per heavy atom. The van der Waals surface area contributed by atoms with Crippen molar-refractivity contribution in [2.45, 2.75) is 25.8 Å². The van der Waals surface area contributed by atoms with E-state index in [1.807, 2.05) is 53.4 Å². The molecule has 1 amide bonds. The third kappa shape index (κ3) is 3.09. The van der Waals surface area contributed by atoms with Gasteiger partial charge >= 0.3 is 0 Å². The first-order valence-corrected chi connectivity index (χ1v) is 7.94. The third-order valence-corrected chi connectivity index (χ3v) is 4.35. The van der Waals surface area contributed by atoms with Gasteiger partial charge in [0.25, 0.3) is 0 Å². The second-order valence-electron chi connectivity index (χ2n) is 5.58. The molecule has 1 N–H and O–H groups in total. The molecule has 1 fully saturated rings. The lowest BCUT2D eigenvalue weighted by Crippen LogP contribution is -2.23. The minimum atomic E-state index is 0.118. The quantitative estimate of drug-likeness (QED) is 0.891. The van der Waals surface area contributed by atoms with Crippen LogP contribution in [0.2, 0.25) is 5.02 Å². The maximum absolute atomic E-state index is 11.8. The fourth-order valence-corrected chi connectivity index (χ4v) is 3.11. The molecule has 1 saturated heterocycles. The van der Waals surface area contributed by atoms with Crippen molar-refractivity contribution < 1.29 is 4.79 Å². The number of amides is 1. The normalized spacial score (nSPS) is 15.9. The number of anilines is 2. The van der Waals surface area contributed by atoms with Gasteiger partial charge in [0.2, 0.25) is 5.91 Å². The van der Waals surface area contributed by atoms with Gasteiger partial charge in [-0.1, -0.05) is 29.8 Å². The van der Waals surface area contributed by atoms with Gasteiger partial charge in [0, 0.05) is 35.4 Å². The molecule has 1 atom stereocenters. The van der Waals surface area contributed by atoms with E-state index in [0.717, 1.165) is 34.9 Å². The van der Waals surface area contributed by atoms with Gasteiger partial charge in [-0.2, -0.15) is 0 Å². The average molecular weight is 315 g/mol. The number of hydrogen-bond donors (Lipinski definition) is 1. The second-order valence-corrected chi connectivity index (χ2v) is 5.99. The number of nitrogens with one attached hydrogen (secondary N) is 1. The lowest BCUT2D eigenvalue weighted by atomic mass is 10.1. The molecule has 1 heterocycles. The van der Waals surface area contributed by atoms with Gasteiger partial charge in [-0.05, 0) is 49.2 Å². The van der Waals surface area contributed by atoms with Crippen LogP contribution in [0.25, 0.3) is 0 Å². The lowest BCUT2D eigenvalue weighted by Gasteiger charge is -2.19. The number of hydrogen-bond acceptors (Lipinski definition) is 2. The van der Waals surface area contributed by atoms with Crippen molar-refractivity contribution >= 4 is 28.9 Å². The number of benzene rings is 2. The second kappa shape index (κ2) is 6.41. The monoisotopic (exact) mass is 314 g/mol. The Kier molecular flexibility index (Phi) is 4.34. The van der Waals surface area contributed by atoms with E-state index in [1.165, 1.54) is 0 Å². The molecule has 1 unspecified atom stereocenters. The number of carbonyl (C=O) groups is 1. The topological polar surface area (TPSA) is 32.3 Å². The van der Waals surface area contributed by atoms with E-state index in [-0.39, 0.29) is 11.9 Å². The van der Waals surface area contributed by atoms with E-state index < -0.39 is 0 Å². The van der Waals surface area contributed by atoms with Crippen LogP contribution in [-0.2, 0) is 4.79 Å². The third-order valence-electron chi connectivity index (χ3n) is 4.01. The van der Waals surface area contributed by atoms with Crippen LogP contribution < -0.4 is 10.2 Å². The molecule has 0 bridgehead atoms. The van der Waals surface area contributed by atoms with Crippen LogP contribution >= 0.6 is 11.6 Å².